The van der Waals surface area contributed by atoms with E-state index in [1.165, 1.54) is 0 Å². The number of carbonyl (C=O) groups excluding carboxylic acids is 1. The van der Waals surface area contributed by atoms with Crippen LogP contribution in [0.25, 0.3) is 0 Å². The van der Waals surface area contributed by atoms with E-state index in [0.717, 1.165) is 31.0 Å². The fourth-order valence-corrected chi connectivity index (χ4v) is 1.74. The van der Waals surface area contributed by atoms with Crippen LogP contribution in [0.1, 0.15) is 35.9 Å². The van der Waals surface area contributed by atoms with Gasteiger partial charge in [-0.05, 0) is 30.7 Å². The second kappa shape index (κ2) is 7.33. The predicted molar refractivity (Wildman–Crippen MR) is 77.5 cm³/mol. The second-order valence-electron chi connectivity index (χ2n) is 4.47. The van der Waals surface area contributed by atoms with Crippen molar-refractivity contribution in [3.63, 3.8) is 0 Å². The molecular formula is C15H19N3O2. The van der Waals surface area contributed by atoms with Gasteiger partial charge in [-0.25, -0.2) is 4.98 Å². The van der Waals surface area contributed by atoms with Crippen molar-refractivity contribution in [1.82, 2.24) is 10.3 Å². The molecule has 0 spiro atoms. The van der Waals surface area contributed by atoms with E-state index < -0.39 is 0 Å². The molecule has 0 saturated carbocycles. The highest BCUT2D eigenvalue weighted by molar-refractivity contribution is 5.94. The zero-order valence-corrected chi connectivity index (χ0v) is 11.6. The van der Waals surface area contributed by atoms with Crippen molar-refractivity contribution in [2.75, 3.05) is 11.9 Å². The topological polar surface area (TPSA) is 67.2 Å². The average molecular weight is 273 g/mol. The zero-order valence-electron chi connectivity index (χ0n) is 11.6. The zero-order chi connectivity index (χ0) is 14.2. The van der Waals surface area contributed by atoms with Gasteiger partial charge in [0.25, 0.3) is 5.91 Å². The Balaban J connectivity index is 1.90. The van der Waals surface area contributed by atoms with Gasteiger partial charge in [0.2, 0.25) is 0 Å². The lowest BCUT2D eigenvalue weighted by Crippen LogP contribution is -2.22. The highest BCUT2D eigenvalue weighted by Gasteiger charge is 2.07. The van der Waals surface area contributed by atoms with Crippen LogP contribution >= 0.6 is 0 Å². The fourth-order valence-electron chi connectivity index (χ4n) is 1.74. The van der Waals surface area contributed by atoms with Crippen molar-refractivity contribution in [3.8, 4) is 0 Å². The lowest BCUT2D eigenvalue weighted by atomic mass is 10.2. The summed E-state index contributed by atoms with van der Waals surface area (Å²) in [5, 5.41) is 6.01. The number of pyridine rings is 1. The first-order valence-electron chi connectivity index (χ1n) is 6.80. The molecule has 0 atom stereocenters. The molecule has 5 nitrogen and oxygen atoms in total. The summed E-state index contributed by atoms with van der Waals surface area (Å²) in [6, 6.07) is 7.07. The first-order valence-corrected chi connectivity index (χ1v) is 6.80. The van der Waals surface area contributed by atoms with Gasteiger partial charge in [0.05, 0.1) is 12.8 Å². The van der Waals surface area contributed by atoms with Crippen molar-refractivity contribution in [2.24, 2.45) is 0 Å². The normalized spacial score (nSPS) is 10.2. The minimum absolute atomic E-state index is 0.137. The summed E-state index contributed by atoms with van der Waals surface area (Å²) in [5.74, 6) is 1.32. The van der Waals surface area contributed by atoms with E-state index in [2.05, 4.69) is 22.5 Å². The monoisotopic (exact) mass is 273 g/mol. The molecule has 2 aromatic rings. The van der Waals surface area contributed by atoms with Gasteiger partial charge in [-0.1, -0.05) is 13.3 Å². The van der Waals surface area contributed by atoms with Crippen molar-refractivity contribution in [2.45, 2.75) is 26.3 Å². The third kappa shape index (κ3) is 4.12. The van der Waals surface area contributed by atoms with Gasteiger partial charge in [0.15, 0.2) is 0 Å². The highest BCUT2D eigenvalue weighted by Crippen LogP contribution is 2.08. The van der Waals surface area contributed by atoms with Crippen LogP contribution in [0.4, 0.5) is 5.82 Å². The molecular weight excluding hydrogens is 254 g/mol. The molecule has 0 fully saturated rings. The molecule has 20 heavy (non-hydrogen) atoms. The summed E-state index contributed by atoms with van der Waals surface area (Å²) < 4.78 is 5.17. The number of nitrogens with one attached hydrogen (secondary N) is 2. The van der Waals surface area contributed by atoms with Crippen LogP contribution in [-0.4, -0.2) is 17.4 Å². The molecule has 0 radical (unpaired) electrons. The Hall–Kier alpha value is -2.30. The summed E-state index contributed by atoms with van der Waals surface area (Å²) in [5.41, 5.74) is 0.588. The Bertz CT molecular complexity index is 538. The molecule has 0 saturated heterocycles. The van der Waals surface area contributed by atoms with Crippen LogP contribution in [0, 0.1) is 0 Å². The van der Waals surface area contributed by atoms with Crippen molar-refractivity contribution in [3.05, 3.63) is 48.0 Å². The average Bonchev–Trinajstić information content (AvgIpc) is 2.99. The van der Waals surface area contributed by atoms with Crippen molar-refractivity contribution >= 4 is 11.7 Å². The van der Waals surface area contributed by atoms with Gasteiger partial charge in [0, 0.05) is 18.3 Å². The quantitative estimate of drug-likeness (QED) is 0.761. The lowest BCUT2D eigenvalue weighted by molar-refractivity contribution is 0.0948. The minimum atomic E-state index is -0.137. The largest absolute Gasteiger partial charge is 0.467 e. The Morgan fingerprint density at radius 1 is 1.40 bits per heavy atom. The van der Waals surface area contributed by atoms with E-state index in [0.29, 0.717) is 12.1 Å². The number of unbranched alkanes of at least 4 members (excludes halogenated alkanes) is 1. The summed E-state index contributed by atoms with van der Waals surface area (Å²) in [7, 11) is 0. The summed E-state index contributed by atoms with van der Waals surface area (Å²) >= 11 is 0. The highest BCUT2D eigenvalue weighted by atomic mass is 16.3. The molecule has 0 aromatic carbocycles. The number of nitrogens with zero attached hydrogens (tertiary/aromatic N) is 1. The van der Waals surface area contributed by atoms with Gasteiger partial charge in [-0.2, -0.15) is 0 Å². The number of amides is 1. The first-order chi connectivity index (χ1) is 9.79. The molecule has 5 heteroatoms. The summed E-state index contributed by atoms with van der Waals surface area (Å²) in [6.45, 7) is 3.38. The Morgan fingerprint density at radius 3 is 3.05 bits per heavy atom. The molecule has 0 aliphatic carbocycles. The van der Waals surface area contributed by atoms with E-state index in [9.17, 15) is 4.79 Å². The number of aromatic nitrogens is 1. The van der Waals surface area contributed by atoms with Gasteiger partial charge in [-0.3, -0.25) is 4.79 Å². The van der Waals surface area contributed by atoms with Gasteiger partial charge in [0.1, 0.15) is 11.6 Å². The maximum atomic E-state index is 12.0. The van der Waals surface area contributed by atoms with Crippen LogP contribution in [0.5, 0.6) is 0 Å². The second-order valence-corrected chi connectivity index (χ2v) is 4.47. The number of anilines is 1. The van der Waals surface area contributed by atoms with Gasteiger partial charge >= 0.3 is 0 Å². The summed E-state index contributed by atoms with van der Waals surface area (Å²) in [4.78, 5) is 16.2. The number of hydrogen-bond acceptors (Lipinski definition) is 4. The van der Waals surface area contributed by atoms with Crippen LogP contribution in [-0.2, 0) is 6.54 Å². The van der Waals surface area contributed by atoms with Gasteiger partial charge in [-0.15, -0.1) is 0 Å². The van der Waals surface area contributed by atoms with Crippen LogP contribution in [0.2, 0.25) is 0 Å². The molecule has 2 N–H and O–H groups in total. The Labute approximate surface area is 118 Å². The number of carbonyl (C=O) groups is 1. The van der Waals surface area contributed by atoms with E-state index >= 15 is 0 Å². The third-order valence-electron chi connectivity index (χ3n) is 2.86. The number of rotatable bonds is 7. The molecule has 0 aliphatic rings. The maximum absolute atomic E-state index is 12.0. The number of hydrogen-bond donors (Lipinski definition) is 2. The van der Waals surface area contributed by atoms with E-state index in [1.54, 1.807) is 30.7 Å². The molecule has 106 valence electrons. The molecule has 0 unspecified atom stereocenters. The van der Waals surface area contributed by atoms with Gasteiger partial charge < -0.3 is 15.1 Å². The first kappa shape index (κ1) is 14.1. The van der Waals surface area contributed by atoms with Crippen molar-refractivity contribution in [1.29, 1.82) is 0 Å². The Morgan fingerprint density at radius 2 is 2.30 bits per heavy atom. The van der Waals surface area contributed by atoms with Crippen molar-refractivity contribution < 1.29 is 9.21 Å². The predicted octanol–water partition coefficient (Wildman–Crippen LogP) is 2.82. The molecule has 2 rings (SSSR count). The van der Waals surface area contributed by atoms with E-state index in [1.807, 2.05) is 6.07 Å². The maximum Gasteiger partial charge on any atom is 0.251 e. The van der Waals surface area contributed by atoms with E-state index in [4.69, 9.17) is 4.42 Å². The van der Waals surface area contributed by atoms with Crippen LogP contribution in [0.3, 0.4) is 0 Å². The fraction of sp³-hybridized carbons (Fsp3) is 0.333. The SMILES string of the molecule is CCCCNc1cc(C(=O)NCc2ccco2)ccn1. The molecule has 2 aromatic heterocycles. The Kier molecular flexibility index (Phi) is 5.17. The summed E-state index contributed by atoms with van der Waals surface area (Å²) in [6.07, 6.45) is 5.42. The molecule has 0 bridgehead atoms. The molecule has 0 aliphatic heterocycles. The molecule has 2 heterocycles. The third-order valence-corrected chi connectivity index (χ3v) is 2.86. The van der Waals surface area contributed by atoms with Crippen LogP contribution in [0.15, 0.2) is 41.1 Å². The number of furan rings is 1. The smallest absolute Gasteiger partial charge is 0.251 e. The lowest BCUT2D eigenvalue weighted by Gasteiger charge is -2.07. The standard InChI is InChI=1S/C15H19N3O2/c1-2-3-7-16-14-10-12(6-8-17-14)15(19)18-11-13-5-4-9-20-13/h4-6,8-10H,2-3,7,11H2,1H3,(H,16,17)(H,18,19). The van der Waals surface area contributed by atoms with Crippen LogP contribution < -0.4 is 10.6 Å². The van der Waals surface area contributed by atoms with E-state index in [-0.39, 0.29) is 5.91 Å². The minimum Gasteiger partial charge on any atom is -0.467 e. The molecule has 1 amide bonds.